The smallest absolute Gasteiger partial charge is 0.165 e. The molecule has 0 spiro atoms. The Morgan fingerprint density at radius 3 is 2.23 bits per heavy atom. The van der Waals surface area contributed by atoms with Crippen molar-refractivity contribution in [3.63, 3.8) is 0 Å². The molecule has 0 saturated heterocycles. The lowest BCUT2D eigenvalue weighted by Crippen LogP contribution is -2.13. The zero-order valence-corrected chi connectivity index (χ0v) is 18.4. The molecule has 0 aromatic heterocycles. The van der Waals surface area contributed by atoms with Gasteiger partial charge in [0.25, 0.3) is 0 Å². The third-order valence-corrected chi connectivity index (χ3v) is 6.11. The van der Waals surface area contributed by atoms with Crippen molar-refractivity contribution in [2.24, 2.45) is 5.92 Å². The molecule has 2 aromatic carbocycles. The number of benzene rings is 2. The van der Waals surface area contributed by atoms with Gasteiger partial charge in [-0.15, -0.1) is 0 Å². The number of methoxy groups -OCH3 is 1. The summed E-state index contributed by atoms with van der Waals surface area (Å²) >= 11 is 0. The summed E-state index contributed by atoms with van der Waals surface area (Å²) in [5.74, 6) is 1.51. The predicted molar refractivity (Wildman–Crippen MR) is 120 cm³/mol. The van der Waals surface area contributed by atoms with E-state index >= 15 is 0 Å². The second kappa shape index (κ2) is 12.1. The highest BCUT2D eigenvalue weighted by atomic mass is 19.1. The molecule has 0 aliphatic heterocycles. The quantitative estimate of drug-likeness (QED) is 0.387. The summed E-state index contributed by atoms with van der Waals surface area (Å²) in [7, 11) is 1.63. The van der Waals surface area contributed by atoms with Gasteiger partial charge in [0, 0.05) is 7.11 Å². The van der Waals surface area contributed by atoms with Gasteiger partial charge in [-0.1, -0.05) is 50.1 Å². The predicted octanol–water partition coefficient (Wildman–Crippen LogP) is 6.61. The van der Waals surface area contributed by atoms with Gasteiger partial charge in [-0.3, -0.25) is 0 Å². The summed E-state index contributed by atoms with van der Waals surface area (Å²) in [6.45, 7) is 4.06. The van der Waals surface area contributed by atoms with Gasteiger partial charge in [-0.25, -0.2) is 4.39 Å². The van der Waals surface area contributed by atoms with E-state index in [0.717, 1.165) is 17.0 Å². The van der Waals surface area contributed by atoms with Crippen molar-refractivity contribution in [2.75, 3.05) is 33.5 Å². The maximum atomic E-state index is 14.4. The Bertz CT molecular complexity index is 751. The summed E-state index contributed by atoms with van der Waals surface area (Å²) < 4.78 is 30.2. The second-order valence-corrected chi connectivity index (χ2v) is 8.23. The lowest BCUT2D eigenvalue weighted by molar-refractivity contribution is 0.0538. The molecule has 2 aromatic rings. The second-order valence-electron chi connectivity index (χ2n) is 8.23. The van der Waals surface area contributed by atoms with Gasteiger partial charge in [0.15, 0.2) is 11.6 Å². The molecule has 0 N–H and O–H groups in total. The van der Waals surface area contributed by atoms with E-state index in [1.54, 1.807) is 19.2 Å². The Morgan fingerprint density at radius 2 is 1.57 bits per heavy atom. The third kappa shape index (κ3) is 6.55. The highest BCUT2D eigenvalue weighted by Gasteiger charge is 2.21. The van der Waals surface area contributed by atoms with Gasteiger partial charge >= 0.3 is 0 Å². The fourth-order valence-electron chi connectivity index (χ4n) is 4.39. The number of halogens is 1. The average Bonchev–Trinajstić information content (AvgIpc) is 2.78. The van der Waals surface area contributed by atoms with Crippen LogP contribution in [0.1, 0.15) is 56.9 Å². The molecule has 164 valence electrons. The van der Waals surface area contributed by atoms with E-state index in [4.69, 9.17) is 14.2 Å². The van der Waals surface area contributed by atoms with E-state index in [9.17, 15) is 4.39 Å². The molecule has 3 rings (SSSR count). The highest BCUT2D eigenvalue weighted by Crippen LogP contribution is 2.38. The number of ether oxygens (including phenoxy) is 3. The molecular formula is C26H35FO3. The lowest BCUT2D eigenvalue weighted by Gasteiger charge is -2.28. The minimum absolute atomic E-state index is 0.259. The fourth-order valence-corrected chi connectivity index (χ4v) is 4.39. The van der Waals surface area contributed by atoms with Crippen molar-refractivity contribution in [2.45, 2.75) is 51.4 Å². The van der Waals surface area contributed by atoms with Crippen molar-refractivity contribution in [1.29, 1.82) is 0 Å². The van der Waals surface area contributed by atoms with E-state index in [1.165, 1.54) is 44.1 Å². The van der Waals surface area contributed by atoms with Crippen LogP contribution >= 0.6 is 0 Å². The Kier molecular flexibility index (Phi) is 9.16. The molecule has 30 heavy (non-hydrogen) atoms. The van der Waals surface area contributed by atoms with Crippen LogP contribution in [0.25, 0.3) is 11.1 Å². The summed E-state index contributed by atoms with van der Waals surface area (Å²) in [5.41, 5.74) is 3.32. The summed E-state index contributed by atoms with van der Waals surface area (Å²) in [6.07, 6.45) is 7.96. The summed E-state index contributed by atoms with van der Waals surface area (Å²) in [4.78, 5) is 0. The SMILES string of the molecule is CCCC1CCC(c2ccc(-c3ccc(OCCOCCOC)c(F)c3)cc2)CC1. The van der Waals surface area contributed by atoms with Crippen LogP contribution in [0.5, 0.6) is 5.75 Å². The van der Waals surface area contributed by atoms with Gasteiger partial charge < -0.3 is 14.2 Å². The Labute approximate surface area is 180 Å². The van der Waals surface area contributed by atoms with Crippen LogP contribution in [0.3, 0.4) is 0 Å². The molecule has 4 heteroatoms. The molecule has 3 nitrogen and oxygen atoms in total. The molecule has 1 aliphatic rings. The van der Waals surface area contributed by atoms with Crippen molar-refractivity contribution in [1.82, 2.24) is 0 Å². The Balaban J connectivity index is 1.53. The molecule has 1 aliphatic carbocycles. The zero-order chi connectivity index (χ0) is 21.2. The first kappa shape index (κ1) is 22.8. The summed E-state index contributed by atoms with van der Waals surface area (Å²) in [6, 6.07) is 13.8. The molecule has 1 saturated carbocycles. The molecule has 0 bridgehead atoms. The van der Waals surface area contributed by atoms with Crippen molar-refractivity contribution < 1.29 is 18.6 Å². The average molecular weight is 415 g/mol. The molecule has 0 radical (unpaired) electrons. The van der Waals surface area contributed by atoms with E-state index in [2.05, 4.69) is 31.2 Å². The van der Waals surface area contributed by atoms with E-state index in [1.807, 2.05) is 6.07 Å². The van der Waals surface area contributed by atoms with Gasteiger partial charge in [-0.05, 0) is 66.3 Å². The van der Waals surface area contributed by atoms with Crippen LogP contribution in [0, 0.1) is 11.7 Å². The molecule has 1 fully saturated rings. The third-order valence-electron chi connectivity index (χ3n) is 6.11. The maximum Gasteiger partial charge on any atom is 0.165 e. The molecule has 0 heterocycles. The van der Waals surface area contributed by atoms with Crippen LogP contribution in [-0.2, 0) is 9.47 Å². The van der Waals surface area contributed by atoms with Crippen molar-refractivity contribution >= 4 is 0 Å². The minimum Gasteiger partial charge on any atom is -0.488 e. The Hall–Kier alpha value is -1.91. The minimum atomic E-state index is -0.345. The zero-order valence-electron chi connectivity index (χ0n) is 18.4. The highest BCUT2D eigenvalue weighted by molar-refractivity contribution is 5.64. The van der Waals surface area contributed by atoms with Crippen LogP contribution in [0.15, 0.2) is 42.5 Å². The molecule has 0 atom stereocenters. The number of rotatable bonds is 11. The number of hydrogen-bond donors (Lipinski definition) is 0. The maximum absolute atomic E-state index is 14.4. The van der Waals surface area contributed by atoms with Crippen molar-refractivity contribution in [3.05, 3.63) is 53.8 Å². The van der Waals surface area contributed by atoms with Crippen LogP contribution < -0.4 is 4.74 Å². The topological polar surface area (TPSA) is 27.7 Å². The fraction of sp³-hybridized carbons (Fsp3) is 0.538. The standard InChI is InChI=1S/C26H35FO3/c1-3-4-20-5-7-21(8-6-20)22-9-11-23(12-10-22)24-13-14-26(25(27)19-24)30-18-17-29-16-15-28-2/h9-14,19-21H,3-8,15-18H2,1-2H3. The van der Waals surface area contributed by atoms with Crippen LogP contribution in [0.2, 0.25) is 0 Å². The number of hydrogen-bond acceptors (Lipinski definition) is 3. The largest absolute Gasteiger partial charge is 0.488 e. The van der Waals surface area contributed by atoms with E-state index in [0.29, 0.717) is 32.3 Å². The van der Waals surface area contributed by atoms with Crippen LogP contribution in [-0.4, -0.2) is 33.5 Å². The van der Waals surface area contributed by atoms with Gasteiger partial charge in [0.1, 0.15) is 6.61 Å². The summed E-state index contributed by atoms with van der Waals surface area (Å²) in [5, 5.41) is 0. The first-order valence-corrected chi connectivity index (χ1v) is 11.3. The molecule has 0 unspecified atom stereocenters. The van der Waals surface area contributed by atoms with E-state index in [-0.39, 0.29) is 11.6 Å². The lowest BCUT2D eigenvalue weighted by atomic mass is 9.77. The first-order chi connectivity index (χ1) is 14.7. The monoisotopic (exact) mass is 414 g/mol. The normalized spacial score (nSPS) is 19.0. The first-order valence-electron chi connectivity index (χ1n) is 11.3. The van der Waals surface area contributed by atoms with E-state index < -0.39 is 0 Å². The van der Waals surface area contributed by atoms with Gasteiger partial charge in [-0.2, -0.15) is 0 Å². The molecular weight excluding hydrogens is 379 g/mol. The molecule has 0 amide bonds. The van der Waals surface area contributed by atoms with Gasteiger partial charge in [0.2, 0.25) is 0 Å². The van der Waals surface area contributed by atoms with Crippen molar-refractivity contribution in [3.8, 4) is 16.9 Å². The Morgan fingerprint density at radius 1 is 0.867 bits per heavy atom. The van der Waals surface area contributed by atoms with Gasteiger partial charge in [0.05, 0.1) is 19.8 Å². The van der Waals surface area contributed by atoms with Crippen LogP contribution in [0.4, 0.5) is 4.39 Å².